The summed E-state index contributed by atoms with van der Waals surface area (Å²) in [5, 5.41) is 3.08. The van der Waals surface area contributed by atoms with Crippen molar-refractivity contribution in [2.24, 2.45) is 0 Å². The summed E-state index contributed by atoms with van der Waals surface area (Å²) in [6, 6.07) is 14.1. The van der Waals surface area contributed by atoms with E-state index in [-0.39, 0.29) is 15.5 Å². The number of anilines is 2. The highest BCUT2D eigenvalue weighted by Gasteiger charge is 2.22. The number of hydrogen-bond acceptors (Lipinski definition) is 4. The smallest absolute Gasteiger partial charge is 0.263 e. The maximum Gasteiger partial charge on any atom is 0.263 e. The topological polar surface area (TPSA) is 84.5 Å². The molecule has 0 unspecified atom stereocenters. The third-order valence-corrected chi connectivity index (χ3v) is 6.82. The molecular formula is C22H20Cl2N2O4S. The highest BCUT2D eigenvalue weighted by Crippen LogP contribution is 2.30. The number of benzene rings is 3. The third-order valence-electron chi connectivity index (χ3n) is 4.74. The van der Waals surface area contributed by atoms with Gasteiger partial charge in [0.1, 0.15) is 10.6 Å². The zero-order chi connectivity index (χ0) is 22.8. The molecule has 6 nitrogen and oxygen atoms in total. The molecule has 0 saturated heterocycles. The Morgan fingerprint density at radius 2 is 1.71 bits per heavy atom. The lowest BCUT2D eigenvalue weighted by atomic mass is 10.1. The van der Waals surface area contributed by atoms with Gasteiger partial charge in [-0.3, -0.25) is 9.52 Å². The molecule has 31 heavy (non-hydrogen) atoms. The Balaban J connectivity index is 1.93. The Labute approximate surface area is 191 Å². The van der Waals surface area contributed by atoms with Crippen LogP contribution in [-0.2, 0) is 10.0 Å². The van der Waals surface area contributed by atoms with Gasteiger partial charge in [0, 0.05) is 10.6 Å². The molecule has 3 rings (SSSR count). The van der Waals surface area contributed by atoms with Crippen molar-refractivity contribution in [1.82, 2.24) is 0 Å². The van der Waals surface area contributed by atoms with Crippen LogP contribution in [0.15, 0.2) is 59.5 Å². The van der Waals surface area contributed by atoms with E-state index in [1.807, 2.05) is 19.9 Å². The molecule has 0 aliphatic rings. The summed E-state index contributed by atoms with van der Waals surface area (Å²) in [5.74, 6) is -0.128. The number of ether oxygens (including phenoxy) is 1. The Morgan fingerprint density at radius 1 is 0.968 bits per heavy atom. The van der Waals surface area contributed by atoms with Crippen LogP contribution in [0.5, 0.6) is 5.75 Å². The Bertz CT molecular complexity index is 1260. The van der Waals surface area contributed by atoms with Crippen LogP contribution in [0.4, 0.5) is 11.4 Å². The van der Waals surface area contributed by atoms with Gasteiger partial charge in [-0.1, -0.05) is 35.3 Å². The molecule has 162 valence electrons. The summed E-state index contributed by atoms with van der Waals surface area (Å²) in [6.45, 7) is 3.70. The van der Waals surface area contributed by atoms with Gasteiger partial charge in [-0.15, -0.1) is 0 Å². The van der Waals surface area contributed by atoms with E-state index in [2.05, 4.69) is 10.0 Å². The molecule has 0 atom stereocenters. The normalized spacial score (nSPS) is 11.1. The predicted molar refractivity (Wildman–Crippen MR) is 124 cm³/mol. The van der Waals surface area contributed by atoms with Gasteiger partial charge in [0.25, 0.3) is 15.9 Å². The maximum absolute atomic E-state index is 13.0. The molecule has 0 aliphatic carbocycles. The first kappa shape index (κ1) is 22.9. The van der Waals surface area contributed by atoms with Gasteiger partial charge in [0.2, 0.25) is 0 Å². The minimum atomic E-state index is -4.04. The van der Waals surface area contributed by atoms with Crippen molar-refractivity contribution in [3.05, 3.63) is 81.3 Å². The first-order valence-corrected chi connectivity index (χ1v) is 11.4. The maximum atomic E-state index is 13.0. The minimum Gasteiger partial charge on any atom is -0.495 e. The van der Waals surface area contributed by atoms with E-state index >= 15 is 0 Å². The first-order valence-electron chi connectivity index (χ1n) is 9.16. The van der Waals surface area contributed by atoms with Crippen molar-refractivity contribution >= 4 is 50.5 Å². The van der Waals surface area contributed by atoms with Crippen LogP contribution >= 0.6 is 23.2 Å². The van der Waals surface area contributed by atoms with E-state index in [1.54, 1.807) is 24.3 Å². The molecule has 0 fully saturated rings. The SMILES string of the molecule is COc1ccc(Cl)cc1NC(=O)c1ccc(Cl)c(S(=O)(=O)Nc2cccc(C)c2C)c1. The fourth-order valence-corrected chi connectivity index (χ4v) is 4.71. The molecule has 3 aromatic carbocycles. The summed E-state index contributed by atoms with van der Waals surface area (Å²) in [6.07, 6.45) is 0. The number of hydrogen-bond donors (Lipinski definition) is 2. The van der Waals surface area contributed by atoms with Gasteiger partial charge in [0.05, 0.1) is 23.5 Å². The number of amides is 1. The van der Waals surface area contributed by atoms with Crippen LogP contribution < -0.4 is 14.8 Å². The van der Waals surface area contributed by atoms with Crippen LogP contribution in [0.1, 0.15) is 21.5 Å². The molecule has 0 aromatic heterocycles. The summed E-state index contributed by atoms with van der Waals surface area (Å²) < 4.78 is 33.8. The first-order chi connectivity index (χ1) is 14.6. The number of halogens is 2. The molecule has 3 aromatic rings. The minimum absolute atomic E-state index is 0.00491. The van der Waals surface area contributed by atoms with E-state index < -0.39 is 15.9 Å². The average molecular weight is 479 g/mol. The fraction of sp³-hybridized carbons (Fsp3) is 0.136. The second kappa shape index (κ2) is 9.18. The van der Waals surface area contributed by atoms with E-state index in [9.17, 15) is 13.2 Å². The van der Waals surface area contributed by atoms with Crippen LogP contribution in [0.25, 0.3) is 0 Å². The molecule has 0 aliphatic heterocycles. The molecule has 0 bridgehead atoms. The van der Waals surface area contributed by atoms with Crippen molar-refractivity contribution in [2.45, 2.75) is 18.7 Å². The number of carbonyl (C=O) groups is 1. The van der Waals surface area contributed by atoms with E-state index in [0.717, 1.165) is 11.1 Å². The largest absolute Gasteiger partial charge is 0.495 e. The Kier molecular flexibility index (Phi) is 6.79. The van der Waals surface area contributed by atoms with E-state index in [1.165, 1.54) is 31.4 Å². The van der Waals surface area contributed by atoms with Gasteiger partial charge in [-0.2, -0.15) is 0 Å². The van der Waals surface area contributed by atoms with Crippen LogP contribution in [0, 0.1) is 13.8 Å². The average Bonchev–Trinajstić information content (AvgIpc) is 2.71. The Morgan fingerprint density at radius 3 is 2.42 bits per heavy atom. The molecule has 0 radical (unpaired) electrons. The molecule has 0 saturated carbocycles. The lowest BCUT2D eigenvalue weighted by Crippen LogP contribution is -2.17. The monoisotopic (exact) mass is 478 g/mol. The van der Waals surface area contributed by atoms with Crippen molar-refractivity contribution in [3.63, 3.8) is 0 Å². The fourth-order valence-electron chi connectivity index (χ4n) is 2.88. The van der Waals surface area contributed by atoms with E-state index in [4.69, 9.17) is 27.9 Å². The van der Waals surface area contributed by atoms with Gasteiger partial charge in [-0.25, -0.2) is 8.42 Å². The third kappa shape index (κ3) is 5.12. The van der Waals surface area contributed by atoms with Crippen molar-refractivity contribution in [2.75, 3.05) is 17.1 Å². The summed E-state index contributed by atoms with van der Waals surface area (Å²) in [4.78, 5) is 12.6. The quantitative estimate of drug-likeness (QED) is 0.477. The Hall–Kier alpha value is -2.74. The van der Waals surface area contributed by atoms with Crippen LogP contribution in [-0.4, -0.2) is 21.4 Å². The van der Waals surface area contributed by atoms with Crippen molar-refractivity contribution in [1.29, 1.82) is 0 Å². The van der Waals surface area contributed by atoms with Crippen molar-refractivity contribution in [3.8, 4) is 5.75 Å². The summed E-state index contributed by atoms with van der Waals surface area (Å²) in [7, 11) is -2.58. The van der Waals surface area contributed by atoms with Crippen LogP contribution in [0.2, 0.25) is 10.0 Å². The predicted octanol–water partition coefficient (Wildman–Crippen LogP) is 5.67. The molecule has 0 spiro atoms. The second-order valence-electron chi connectivity index (χ2n) is 6.80. The summed E-state index contributed by atoms with van der Waals surface area (Å²) in [5.41, 5.74) is 2.63. The number of aryl methyl sites for hydroxylation is 1. The zero-order valence-electron chi connectivity index (χ0n) is 17.0. The number of methoxy groups -OCH3 is 1. The molecule has 9 heteroatoms. The second-order valence-corrected chi connectivity index (χ2v) is 9.29. The summed E-state index contributed by atoms with van der Waals surface area (Å²) >= 11 is 12.2. The van der Waals surface area contributed by atoms with Gasteiger partial charge >= 0.3 is 0 Å². The molecule has 0 heterocycles. The molecule has 2 N–H and O–H groups in total. The van der Waals surface area contributed by atoms with Gasteiger partial charge in [-0.05, 0) is 67.4 Å². The van der Waals surface area contributed by atoms with Crippen molar-refractivity contribution < 1.29 is 17.9 Å². The molecular weight excluding hydrogens is 459 g/mol. The molecule has 1 amide bonds. The number of rotatable bonds is 6. The zero-order valence-corrected chi connectivity index (χ0v) is 19.3. The lowest BCUT2D eigenvalue weighted by molar-refractivity contribution is 0.102. The van der Waals surface area contributed by atoms with Gasteiger partial charge in [0.15, 0.2) is 0 Å². The highest BCUT2D eigenvalue weighted by atomic mass is 35.5. The number of carbonyl (C=O) groups excluding carboxylic acids is 1. The van der Waals surface area contributed by atoms with Gasteiger partial charge < -0.3 is 10.1 Å². The highest BCUT2D eigenvalue weighted by molar-refractivity contribution is 7.92. The standard InChI is InChI=1S/C22H20Cl2N2O4S/c1-13-5-4-6-18(14(13)2)26-31(28,29)21-11-15(7-9-17(21)24)22(27)25-19-12-16(23)8-10-20(19)30-3/h4-12,26H,1-3H3,(H,25,27). The lowest BCUT2D eigenvalue weighted by Gasteiger charge is -2.14. The number of sulfonamides is 1. The van der Waals surface area contributed by atoms with E-state index in [0.29, 0.717) is 22.1 Å². The van der Waals surface area contributed by atoms with Crippen LogP contribution in [0.3, 0.4) is 0 Å². The number of nitrogens with one attached hydrogen (secondary N) is 2.